The summed E-state index contributed by atoms with van der Waals surface area (Å²) in [5, 5.41) is 0. The van der Waals surface area contributed by atoms with Gasteiger partial charge in [-0.15, -0.1) is 0 Å². The second kappa shape index (κ2) is 5.06. The summed E-state index contributed by atoms with van der Waals surface area (Å²) in [7, 11) is 0.641. The standard InChI is InChI=1S/C7H15O2P/c1-2-9-10-6-7-4-3-5-8-7/h7,10H,2-6H2,1H3/t7-/m0/s1. The van der Waals surface area contributed by atoms with Crippen molar-refractivity contribution in [1.82, 2.24) is 0 Å². The third kappa shape index (κ3) is 2.96. The molecule has 0 N–H and O–H groups in total. The van der Waals surface area contributed by atoms with Gasteiger partial charge in [-0.3, -0.25) is 0 Å². The predicted molar refractivity (Wildman–Crippen MR) is 43.8 cm³/mol. The second-order valence-electron chi connectivity index (χ2n) is 2.42. The van der Waals surface area contributed by atoms with Crippen LogP contribution in [0.15, 0.2) is 0 Å². The lowest BCUT2D eigenvalue weighted by molar-refractivity contribution is 0.127. The first-order valence-corrected chi connectivity index (χ1v) is 5.01. The van der Waals surface area contributed by atoms with Gasteiger partial charge in [-0.25, -0.2) is 0 Å². The molecule has 0 bridgehead atoms. The summed E-state index contributed by atoms with van der Waals surface area (Å²) in [5.41, 5.74) is 0. The molecular formula is C7H15O2P. The average molecular weight is 162 g/mol. The molecule has 1 aliphatic rings. The van der Waals surface area contributed by atoms with Gasteiger partial charge in [0.1, 0.15) is 0 Å². The maximum atomic E-state index is 5.43. The molecule has 1 heterocycles. The number of hydrogen-bond acceptors (Lipinski definition) is 2. The molecule has 2 nitrogen and oxygen atoms in total. The molecule has 1 unspecified atom stereocenters. The molecule has 0 saturated carbocycles. The van der Waals surface area contributed by atoms with Crippen molar-refractivity contribution in [1.29, 1.82) is 0 Å². The Bertz CT molecular complexity index is 81.7. The van der Waals surface area contributed by atoms with E-state index in [-0.39, 0.29) is 0 Å². The molecule has 0 spiro atoms. The van der Waals surface area contributed by atoms with Crippen LogP contribution < -0.4 is 0 Å². The highest BCUT2D eigenvalue weighted by molar-refractivity contribution is 7.32. The van der Waals surface area contributed by atoms with E-state index < -0.39 is 0 Å². The number of ether oxygens (including phenoxy) is 1. The molecule has 3 heteroatoms. The summed E-state index contributed by atoms with van der Waals surface area (Å²) in [6.07, 6.45) is 4.08. The molecule has 0 aliphatic carbocycles. The quantitative estimate of drug-likeness (QED) is 0.463. The first-order chi connectivity index (χ1) is 4.93. The van der Waals surface area contributed by atoms with Crippen LogP contribution in [0.1, 0.15) is 19.8 Å². The molecule has 10 heavy (non-hydrogen) atoms. The van der Waals surface area contributed by atoms with E-state index in [4.69, 9.17) is 9.26 Å². The smallest absolute Gasteiger partial charge is 0.0634 e. The zero-order chi connectivity index (χ0) is 7.23. The molecule has 0 radical (unpaired) electrons. The van der Waals surface area contributed by atoms with Gasteiger partial charge < -0.3 is 9.26 Å². The van der Waals surface area contributed by atoms with Gasteiger partial charge in [0.25, 0.3) is 0 Å². The Hall–Kier alpha value is 0.350. The van der Waals surface area contributed by atoms with Crippen LogP contribution >= 0.6 is 8.81 Å². The van der Waals surface area contributed by atoms with Gasteiger partial charge in [-0.05, 0) is 19.8 Å². The summed E-state index contributed by atoms with van der Waals surface area (Å²) < 4.78 is 10.7. The lowest BCUT2D eigenvalue weighted by Gasteiger charge is -2.07. The van der Waals surface area contributed by atoms with E-state index in [0.29, 0.717) is 14.9 Å². The van der Waals surface area contributed by atoms with E-state index in [0.717, 1.165) is 19.4 Å². The van der Waals surface area contributed by atoms with E-state index in [1.165, 1.54) is 12.8 Å². The highest BCUT2D eigenvalue weighted by Gasteiger charge is 2.14. The summed E-state index contributed by atoms with van der Waals surface area (Å²) in [6.45, 7) is 3.83. The van der Waals surface area contributed by atoms with Gasteiger partial charge in [0, 0.05) is 28.2 Å². The van der Waals surface area contributed by atoms with Crippen LogP contribution in [0.5, 0.6) is 0 Å². The van der Waals surface area contributed by atoms with E-state index in [9.17, 15) is 0 Å². The van der Waals surface area contributed by atoms with Crippen molar-refractivity contribution in [3.63, 3.8) is 0 Å². The third-order valence-electron chi connectivity index (χ3n) is 1.58. The van der Waals surface area contributed by atoms with Crippen LogP contribution in [0.4, 0.5) is 0 Å². The maximum Gasteiger partial charge on any atom is 0.0634 e. The van der Waals surface area contributed by atoms with Gasteiger partial charge >= 0.3 is 0 Å². The van der Waals surface area contributed by atoms with Crippen molar-refractivity contribution in [2.45, 2.75) is 25.9 Å². The molecule has 1 aliphatic heterocycles. The minimum atomic E-state index is 0.505. The minimum absolute atomic E-state index is 0.505. The lowest BCUT2D eigenvalue weighted by atomic mass is 10.3. The highest BCUT2D eigenvalue weighted by atomic mass is 31.1. The van der Waals surface area contributed by atoms with Gasteiger partial charge in [0.2, 0.25) is 0 Å². The summed E-state index contributed by atoms with van der Waals surface area (Å²) in [5.74, 6) is 0. The van der Waals surface area contributed by atoms with Gasteiger partial charge in [0.15, 0.2) is 0 Å². The van der Waals surface area contributed by atoms with Gasteiger partial charge in [0.05, 0.1) is 6.10 Å². The molecular weight excluding hydrogens is 147 g/mol. The first kappa shape index (κ1) is 8.45. The maximum absolute atomic E-state index is 5.43. The third-order valence-corrected chi connectivity index (χ3v) is 2.70. The Labute approximate surface area is 64.2 Å². The molecule has 1 saturated heterocycles. The summed E-state index contributed by atoms with van der Waals surface area (Å²) in [4.78, 5) is 0. The second-order valence-corrected chi connectivity index (χ2v) is 3.40. The highest BCUT2D eigenvalue weighted by Crippen LogP contribution is 2.21. The van der Waals surface area contributed by atoms with Crippen molar-refractivity contribution in [2.24, 2.45) is 0 Å². The van der Waals surface area contributed by atoms with E-state index >= 15 is 0 Å². The van der Waals surface area contributed by atoms with Crippen LogP contribution in [-0.2, 0) is 9.26 Å². The Balaban J connectivity index is 1.91. The fourth-order valence-electron chi connectivity index (χ4n) is 1.06. The first-order valence-electron chi connectivity index (χ1n) is 3.89. The van der Waals surface area contributed by atoms with Gasteiger partial charge in [-0.1, -0.05) is 0 Å². The summed E-state index contributed by atoms with van der Waals surface area (Å²) >= 11 is 0. The average Bonchev–Trinajstić information content (AvgIpc) is 2.41. The van der Waals surface area contributed by atoms with Crippen molar-refractivity contribution >= 4 is 8.81 Å². The van der Waals surface area contributed by atoms with Crippen molar-refractivity contribution < 1.29 is 9.26 Å². The largest absolute Gasteiger partial charge is 0.378 e. The van der Waals surface area contributed by atoms with Crippen LogP contribution in [0.25, 0.3) is 0 Å². The fourth-order valence-corrected chi connectivity index (χ4v) is 1.89. The monoisotopic (exact) mass is 162 g/mol. The van der Waals surface area contributed by atoms with Crippen LogP contribution in [-0.4, -0.2) is 25.5 Å². The molecule has 2 atom stereocenters. The van der Waals surface area contributed by atoms with E-state index in [2.05, 4.69) is 0 Å². The zero-order valence-corrected chi connectivity index (χ0v) is 7.43. The molecule has 0 aromatic carbocycles. The van der Waals surface area contributed by atoms with Crippen molar-refractivity contribution in [3.8, 4) is 0 Å². The van der Waals surface area contributed by atoms with E-state index in [1.54, 1.807) is 0 Å². The molecule has 1 rings (SSSR count). The zero-order valence-electron chi connectivity index (χ0n) is 6.43. The minimum Gasteiger partial charge on any atom is -0.378 e. The number of rotatable bonds is 4. The van der Waals surface area contributed by atoms with Crippen LogP contribution in [0.2, 0.25) is 0 Å². The fraction of sp³-hybridized carbons (Fsp3) is 1.00. The van der Waals surface area contributed by atoms with Gasteiger partial charge in [-0.2, -0.15) is 0 Å². The molecule has 60 valence electrons. The normalized spacial score (nSPS) is 26.7. The Kier molecular flexibility index (Phi) is 4.27. The molecule has 0 amide bonds. The Morgan fingerprint density at radius 1 is 1.70 bits per heavy atom. The van der Waals surface area contributed by atoms with E-state index in [1.807, 2.05) is 6.92 Å². The van der Waals surface area contributed by atoms with Crippen molar-refractivity contribution in [2.75, 3.05) is 19.4 Å². The van der Waals surface area contributed by atoms with Crippen LogP contribution in [0, 0.1) is 0 Å². The SMILES string of the molecule is CCOPC[C@@H]1CCCO1. The topological polar surface area (TPSA) is 18.5 Å². The molecule has 1 fully saturated rings. The Morgan fingerprint density at radius 3 is 3.20 bits per heavy atom. The molecule has 0 aromatic heterocycles. The summed E-state index contributed by atoms with van der Waals surface area (Å²) in [6, 6.07) is 0. The Morgan fingerprint density at radius 2 is 2.60 bits per heavy atom. The predicted octanol–water partition coefficient (Wildman–Crippen LogP) is 1.80. The van der Waals surface area contributed by atoms with Crippen LogP contribution in [0.3, 0.4) is 0 Å². The molecule has 0 aromatic rings. The lowest BCUT2D eigenvalue weighted by Crippen LogP contribution is -2.06. The van der Waals surface area contributed by atoms with Crippen molar-refractivity contribution in [3.05, 3.63) is 0 Å². The number of hydrogen-bond donors (Lipinski definition) is 0.